The van der Waals surface area contributed by atoms with Crippen molar-refractivity contribution in [2.75, 3.05) is 19.8 Å². The van der Waals surface area contributed by atoms with E-state index >= 15 is 0 Å². The fourth-order valence-electron chi connectivity index (χ4n) is 5.92. The summed E-state index contributed by atoms with van der Waals surface area (Å²) in [5.41, 5.74) is 3.79. The molecule has 0 atom stereocenters. The number of nitrogens with zero attached hydrogens (tertiary/aromatic N) is 9. The molecule has 22 heteroatoms. The van der Waals surface area contributed by atoms with Crippen LogP contribution in [0.4, 0.5) is 0 Å². The topological polar surface area (TPSA) is 245 Å². The summed E-state index contributed by atoms with van der Waals surface area (Å²) < 4.78 is 29.9. The summed E-state index contributed by atoms with van der Waals surface area (Å²) in [7, 11) is -1.21. The third-order valence-electron chi connectivity index (χ3n) is 10.2. The van der Waals surface area contributed by atoms with Crippen molar-refractivity contribution < 1.29 is 43.5 Å². The van der Waals surface area contributed by atoms with Gasteiger partial charge in [0.1, 0.15) is 31.3 Å². The molecule has 0 saturated heterocycles. The quantitative estimate of drug-likeness (QED) is 0.0448. The number of ether oxygens (including phenoxy) is 5. The molecule has 0 fully saturated rings. The molecule has 6 aromatic heterocycles. The monoisotopic (exact) mass is 1020 g/mol. The number of halogens is 2. The lowest BCUT2D eigenvalue weighted by molar-refractivity contribution is -0.149. The normalized spacial score (nSPS) is 11.9. The Bertz CT molecular complexity index is 2780. The second-order valence-electron chi connectivity index (χ2n) is 19.6. The molecule has 0 saturated carbocycles. The van der Waals surface area contributed by atoms with E-state index in [1.807, 2.05) is 41.5 Å². The second kappa shape index (κ2) is 23.1. The number of aromatic nitrogens is 10. The highest BCUT2D eigenvalue weighted by Crippen LogP contribution is 2.34. The van der Waals surface area contributed by atoms with Gasteiger partial charge in [0.05, 0.1) is 33.1 Å². The Kier molecular flexibility index (Phi) is 18.1. The van der Waals surface area contributed by atoms with Crippen LogP contribution in [0.15, 0.2) is 49.1 Å². The lowest BCUT2D eigenvalue weighted by Crippen LogP contribution is -2.30. The Hall–Kier alpha value is -6.22. The molecule has 0 aliphatic rings. The van der Waals surface area contributed by atoms with E-state index in [0.29, 0.717) is 57.5 Å². The molecule has 0 aromatic carbocycles. The predicted molar refractivity (Wildman–Crippen MR) is 268 cm³/mol. The van der Waals surface area contributed by atoms with Gasteiger partial charge >= 0.3 is 24.0 Å². The zero-order valence-corrected chi connectivity index (χ0v) is 44.4. The number of pyridine rings is 4. The molecule has 0 radical (unpaired) electrons. The summed E-state index contributed by atoms with van der Waals surface area (Å²) in [6, 6.07) is 8.69. The van der Waals surface area contributed by atoms with Gasteiger partial charge in [-0.15, -0.1) is 10.2 Å². The van der Waals surface area contributed by atoms with Gasteiger partial charge in [0.2, 0.25) is 17.6 Å². The van der Waals surface area contributed by atoms with Gasteiger partial charge in [-0.3, -0.25) is 24.7 Å². The van der Waals surface area contributed by atoms with E-state index in [0.717, 1.165) is 39.4 Å². The first-order valence-corrected chi connectivity index (χ1v) is 27.0. The summed E-state index contributed by atoms with van der Waals surface area (Å²) in [6.45, 7) is 25.6. The first kappa shape index (κ1) is 54.7. The number of hydrogen-bond donors (Lipinski definition) is 3. The molecular formula is C48H62Cl2N10O9Si. The maximum atomic E-state index is 11.3. The van der Waals surface area contributed by atoms with Crippen molar-refractivity contribution in [3.63, 3.8) is 0 Å². The van der Waals surface area contributed by atoms with Crippen molar-refractivity contribution in [2.45, 2.75) is 114 Å². The highest BCUT2D eigenvalue weighted by Gasteiger charge is 2.30. The van der Waals surface area contributed by atoms with Gasteiger partial charge in [0.15, 0.2) is 5.82 Å². The molecule has 0 amide bonds. The third kappa shape index (κ3) is 15.1. The van der Waals surface area contributed by atoms with E-state index < -0.39 is 30.8 Å². The first-order chi connectivity index (χ1) is 32.7. The van der Waals surface area contributed by atoms with E-state index in [4.69, 9.17) is 46.9 Å². The van der Waals surface area contributed by atoms with E-state index in [9.17, 15) is 19.8 Å². The van der Waals surface area contributed by atoms with E-state index in [1.165, 1.54) is 0 Å². The molecule has 3 N–H and O–H groups in total. The number of aromatic amines is 1. The third-order valence-corrected chi connectivity index (χ3v) is 12.5. The summed E-state index contributed by atoms with van der Waals surface area (Å²) in [6.07, 6.45) is 6.52. The van der Waals surface area contributed by atoms with Crippen LogP contribution in [0.2, 0.25) is 35.7 Å². The summed E-state index contributed by atoms with van der Waals surface area (Å²) >= 11 is 13.1. The van der Waals surface area contributed by atoms with Crippen molar-refractivity contribution in [2.24, 2.45) is 10.8 Å². The molecule has 6 aromatic rings. The van der Waals surface area contributed by atoms with Crippen LogP contribution >= 0.6 is 23.2 Å². The molecular weight excluding hydrogens is 960 g/mol. The van der Waals surface area contributed by atoms with Gasteiger partial charge in [0, 0.05) is 73.9 Å². The Morgan fingerprint density at radius 1 is 0.729 bits per heavy atom. The standard InChI is InChI=1S/C27H38ClN5O5Si.C21H24ClN5O4/c1-17(2)38-26-31-24(32-33(26)16-36-9-10-39(6,7)8)23-21(28)12-19(13-30-23)20-14-29-22(11-18(20)3)37-15-27(4,5)25(34)35;1-11(2)31-20-25-18(26-27-20)17-15(22)7-13(8-24-17)14-9-23-16(6-12(14)3)30-10-21(4,5)19(28)29/h11-14,17H,9-10,15-16H2,1-8H3,(H,34,35);6-9,11H,10H2,1-5H3,(H,28,29)(H,25,26,27). The van der Waals surface area contributed by atoms with Crippen LogP contribution in [-0.2, 0) is 21.1 Å². The van der Waals surface area contributed by atoms with Crippen molar-refractivity contribution in [3.8, 4) is 69.1 Å². The lowest BCUT2D eigenvalue weighted by atomic mass is 9.95. The maximum absolute atomic E-state index is 11.3. The molecule has 6 rings (SSSR count). The molecule has 0 aliphatic carbocycles. The van der Waals surface area contributed by atoms with Gasteiger partial charge in [-0.2, -0.15) is 14.6 Å². The molecule has 6 heterocycles. The van der Waals surface area contributed by atoms with Crippen LogP contribution in [0.5, 0.6) is 23.8 Å². The maximum Gasteiger partial charge on any atom is 0.336 e. The Morgan fingerprint density at radius 3 is 1.67 bits per heavy atom. The Balaban J connectivity index is 0.000000267. The minimum atomic E-state index is -1.21. The lowest BCUT2D eigenvalue weighted by Gasteiger charge is -2.19. The fourth-order valence-corrected chi connectivity index (χ4v) is 7.18. The number of aliphatic carboxylic acids is 2. The van der Waals surface area contributed by atoms with E-state index in [1.54, 1.807) is 81.4 Å². The number of rotatable bonds is 21. The number of nitrogens with one attached hydrogen (secondary N) is 1. The zero-order valence-electron chi connectivity index (χ0n) is 41.8. The second-order valence-corrected chi connectivity index (χ2v) is 26.0. The first-order valence-electron chi connectivity index (χ1n) is 22.5. The zero-order chi connectivity index (χ0) is 51.7. The van der Waals surface area contributed by atoms with Crippen LogP contribution < -0.4 is 18.9 Å². The predicted octanol–water partition coefficient (Wildman–Crippen LogP) is 10.1. The minimum absolute atomic E-state index is 0.00170. The fraction of sp³-hybridized carbons (Fsp3) is 0.458. The molecule has 0 aliphatic heterocycles. The SMILES string of the molecule is Cc1cc(OCC(C)(C)C(=O)O)ncc1-c1cnc(-c2nc(OC(C)C)n(COCC[Si](C)(C)C)n2)c(Cl)c1.Cc1cc(OCC(C)(C)C(=O)O)ncc1-c1cnc(-c2nc(OC(C)C)n[nH]2)c(Cl)c1. The molecule has 0 unspecified atom stereocenters. The van der Waals surface area contributed by atoms with Crippen LogP contribution in [0, 0.1) is 24.7 Å². The smallest absolute Gasteiger partial charge is 0.336 e. The number of H-pyrrole nitrogens is 1. The van der Waals surface area contributed by atoms with Crippen LogP contribution in [0.1, 0.15) is 66.5 Å². The number of carbonyl (C=O) groups is 2. The van der Waals surface area contributed by atoms with Crippen molar-refractivity contribution in [1.29, 1.82) is 0 Å². The van der Waals surface area contributed by atoms with E-state index in [2.05, 4.69) is 64.8 Å². The van der Waals surface area contributed by atoms with Gasteiger partial charge in [-0.05, 0) is 98.5 Å². The number of aryl methyl sites for hydroxylation is 2. The molecule has 19 nitrogen and oxygen atoms in total. The van der Waals surface area contributed by atoms with Crippen LogP contribution in [0.25, 0.3) is 45.3 Å². The average Bonchev–Trinajstić information content (AvgIpc) is 3.89. The Morgan fingerprint density at radius 2 is 1.23 bits per heavy atom. The molecule has 376 valence electrons. The molecule has 0 spiro atoms. The van der Waals surface area contributed by atoms with Crippen LogP contribution in [-0.4, -0.2) is 112 Å². The van der Waals surface area contributed by atoms with Crippen molar-refractivity contribution in [1.82, 2.24) is 49.9 Å². The van der Waals surface area contributed by atoms with Crippen molar-refractivity contribution in [3.05, 3.63) is 70.2 Å². The highest BCUT2D eigenvalue weighted by molar-refractivity contribution is 6.76. The summed E-state index contributed by atoms with van der Waals surface area (Å²) in [5, 5.41) is 30.6. The number of hydrogen-bond acceptors (Lipinski definition) is 15. The Labute approximate surface area is 418 Å². The molecule has 0 bridgehead atoms. The van der Waals surface area contributed by atoms with Crippen molar-refractivity contribution >= 4 is 43.2 Å². The summed E-state index contributed by atoms with van der Waals surface area (Å²) in [4.78, 5) is 48.9. The largest absolute Gasteiger partial charge is 0.481 e. The average molecular weight is 1020 g/mol. The highest BCUT2D eigenvalue weighted by atomic mass is 35.5. The number of carboxylic acids is 2. The van der Waals surface area contributed by atoms with Gasteiger partial charge < -0.3 is 33.9 Å². The van der Waals surface area contributed by atoms with Crippen LogP contribution in [0.3, 0.4) is 0 Å². The minimum Gasteiger partial charge on any atom is -0.481 e. The van der Waals surface area contributed by atoms with Gasteiger partial charge in [0.25, 0.3) is 0 Å². The van der Waals surface area contributed by atoms with E-state index in [-0.39, 0.29) is 38.2 Å². The van der Waals surface area contributed by atoms with Gasteiger partial charge in [-0.1, -0.05) is 42.8 Å². The number of carboxylic acid groups (broad SMARTS) is 2. The van der Waals surface area contributed by atoms with Gasteiger partial charge in [-0.25, -0.2) is 9.97 Å². The summed E-state index contributed by atoms with van der Waals surface area (Å²) in [5.74, 6) is -0.418. The molecule has 70 heavy (non-hydrogen) atoms.